The van der Waals surface area contributed by atoms with Crippen LogP contribution in [0.15, 0.2) is 54.6 Å². The zero-order valence-electron chi connectivity index (χ0n) is 19.5. The zero-order valence-corrected chi connectivity index (χ0v) is 20.2. The standard InChI is InChI=1S/C25H21ClF3N5O3/c1-34-20(13-18(33-34)16-5-3-2-4-6-16)23(36)31-19(22(35)32-24(14-30)9-10-24)12-15-7-8-21(17(26)11-15)37-25(27,28)29/h2-8,11,13,19H,9-10,12H2,1H3,(H,31,36)(H,32,35). The monoisotopic (exact) mass is 531 g/mol. The molecule has 37 heavy (non-hydrogen) atoms. The summed E-state index contributed by atoms with van der Waals surface area (Å²) in [5, 5.41) is 18.7. The van der Waals surface area contributed by atoms with Gasteiger partial charge in [-0.3, -0.25) is 14.3 Å². The van der Waals surface area contributed by atoms with E-state index in [-0.39, 0.29) is 17.1 Å². The number of nitriles is 1. The van der Waals surface area contributed by atoms with E-state index in [1.165, 1.54) is 16.8 Å². The lowest BCUT2D eigenvalue weighted by atomic mass is 10.0. The molecule has 3 aromatic rings. The SMILES string of the molecule is Cn1nc(-c2ccccc2)cc1C(=O)NC(Cc1ccc(OC(F)(F)F)c(Cl)c1)C(=O)NC1(C#N)CC1. The molecule has 12 heteroatoms. The van der Waals surface area contributed by atoms with E-state index in [9.17, 15) is 28.0 Å². The van der Waals surface area contributed by atoms with Crippen molar-refractivity contribution in [3.8, 4) is 23.1 Å². The lowest BCUT2D eigenvalue weighted by Gasteiger charge is -2.21. The summed E-state index contributed by atoms with van der Waals surface area (Å²) in [4.78, 5) is 26.2. The van der Waals surface area contributed by atoms with Crippen LogP contribution in [0.5, 0.6) is 5.75 Å². The molecule has 0 radical (unpaired) electrons. The predicted octanol–water partition coefficient (Wildman–Crippen LogP) is 4.15. The lowest BCUT2D eigenvalue weighted by Crippen LogP contribution is -2.51. The van der Waals surface area contributed by atoms with Gasteiger partial charge >= 0.3 is 6.36 Å². The molecule has 1 aromatic heterocycles. The zero-order chi connectivity index (χ0) is 26.8. The minimum atomic E-state index is -4.92. The maximum absolute atomic E-state index is 13.2. The molecule has 2 aromatic carbocycles. The topological polar surface area (TPSA) is 109 Å². The molecular formula is C25H21ClF3N5O3. The highest BCUT2D eigenvalue weighted by atomic mass is 35.5. The van der Waals surface area contributed by atoms with Crippen LogP contribution < -0.4 is 15.4 Å². The Labute approximate surface area is 215 Å². The van der Waals surface area contributed by atoms with E-state index in [0.29, 0.717) is 24.1 Å². The van der Waals surface area contributed by atoms with Gasteiger partial charge in [0, 0.05) is 19.0 Å². The van der Waals surface area contributed by atoms with Crippen molar-refractivity contribution >= 4 is 23.4 Å². The summed E-state index contributed by atoms with van der Waals surface area (Å²) in [6.45, 7) is 0. The van der Waals surface area contributed by atoms with Gasteiger partial charge in [0.1, 0.15) is 23.0 Å². The van der Waals surface area contributed by atoms with Crippen molar-refractivity contribution in [2.45, 2.75) is 37.2 Å². The third-order valence-electron chi connectivity index (χ3n) is 5.79. The number of nitrogens with one attached hydrogen (secondary N) is 2. The van der Waals surface area contributed by atoms with Gasteiger partial charge in [-0.2, -0.15) is 10.4 Å². The number of benzene rings is 2. The van der Waals surface area contributed by atoms with Gasteiger partial charge in [0.05, 0.1) is 16.8 Å². The normalized spacial score (nSPS) is 14.8. The average molecular weight is 532 g/mol. The minimum Gasteiger partial charge on any atom is -0.404 e. The number of rotatable bonds is 8. The second-order valence-electron chi connectivity index (χ2n) is 8.63. The maximum atomic E-state index is 13.2. The van der Waals surface area contributed by atoms with Gasteiger partial charge in [-0.1, -0.05) is 48.0 Å². The van der Waals surface area contributed by atoms with Crippen molar-refractivity contribution in [1.82, 2.24) is 20.4 Å². The predicted molar refractivity (Wildman–Crippen MR) is 127 cm³/mol. The summed E-state index contributed by atoms with van der Waals surface area (Å²) < 4.78 is 43.0. The number of halogens is 4. The first-order valence-electron chi connectivity index (χ1n) is 11.2. The molecular weight excluding hydrogens is 511 g/mol. The van der Waals surface area contributed by atoms with Gasteiger partial charge in [-0.25, -0.2) is 0 Å². The van der Waals surface area contributed by atoms with Gasteiger partial charge in [0.2, 0.25) is 5.91 Å². The Bertz CT molecular complexity index is 1360. The molecule has 192 valence electrons. The summed E-state index contributed by atoms with van der Waals surface area (Å²) in [6, 6.07) is 15.3. The Kier molecular flexibility index (Phi) is 7.14. The fourth-order valence-corrected chi connectivity index (χ4v) is 3.94. The van der Waals surface area contributed by atoms with E-state index in [1.807, 2.05) is 30.3 Å². The fourth-order valence-electron chi connectivity index (χ4n) is 3.70. The molecule has 1 fully saturated rings. The summed E-state index contributed by atoms with van der Waals surface area (Å²) in [5.74, 6) is -1.79. The molecule has 1 aliphatic carbocycles. The Hall–Kier alpha value is -4.04. The molecule has 0 aliphatic heterocycles. The highest BCUT2D eigenvalue weighted by Crippen LogP contribution is 2.35. The fraction of sp³-hybridized carbons (Fsp3) is 0.280. The molecule has 1 atom stereocenters. The highest BCUT2D eigenvalue weighted by Gasteiger charge is 2.45. The van der Waals surface area contributed by atoms with E-state index in [0.717, 1.165) is 11.6 Å². The highest BCUT2D eigenvalue weighted by molar-refractivity contribution is 6.32. The molecule has 1 saturated carbocycles. The van der Waals surface area contributed by atoms with E-state index in [4.69, 9.17) is 11.6 Å². The molecule has 4 rings (SSSR count). The Morgan fingerprint density at radius 1 is 1.22 bits per heavy atom. The second kappa shape index (κ2) is 10.1. The number of aromatic nitrogens is 2. The van der Waals surface area contributed by atoms with Crippen LogP contribution in [0.25, 0.3) is 11.3 Å². The third kappa shape index (κ3) is 6.40. The molecule has 8 nitrogen and oxygen atoms in total. The summed E-state index contributed by atoms with van der Waals surface area (Å²) in [6.07, 6.45) is -4.06. The van der Waals surface area contributed by atoms with Crippen LogP contribution >= 0.6 is 11.6 Å². The van der Waals surface area contributed by atoms with Crippen LogP contribution in [0.2, 0.25) is 5.02 Å². The molecule has 1 aliphatic rings. The Morgan fingerprint density at radius 2 is 1.92 bits per heavy atom. The van der Waals surface area contributed by atoms with Gasteiger partial charge in [0.25, 0.3) is 5.91 Å². The Balaban J connectivity index is 1.56. The van der Waals surface area contributed by atoms with Crippen molar-refractivity contribution < 1.29 is 27.5 Å². The quantitative estimate of drug-likeness (QED) is 0.454. The summed E-state index contributed by atoms with van der Waals surface area (Å²) in [5.41, 5.74) is 0.922. The van der Waals surface area contributed by atoms with Crippen LogP contribution in [0.3, 0.4) is 0 Å². The second-order valence-corrected chi connectivity index (χ2v) is 9.04. The van der Waals surface area contributed by atoms with Crippen molar-refractivity contribution in [3.05, 3.63) is 70.9 Å². The molecule has 0 spiro atoms. The maximum Gasteiger partial charge on any atom is 0.573 e. The van der Waals surface area contributed by atoms with Gasteiger partial charge in [-0.05, 0) is 36.6 Å². The number of hydrogen-bond acceptors (Lipinski definition) is 5. The molecule has 0 bridgehead atoms. The average Bonchev–Trinajstić information content (AvgIpc) is 3.51. The molecule has 1 heterocycles. The first-order valence-corrected chi connectivity index (χ1v) is 11.5. The molecule has 0 saturated heterocycles. The van der Waals surface area contributed by atoms with Crippen LogP contribution in [0.4, 0.5) is 13.2 Å². The number of nitrogens with zero attached hydrogens (tertiary/aromatic N) is 3. The smallest absolute Gasteiger partial charge is 0.404 e. The van der Waals surface area contributed by atoms with Crippen LogP contribution in [0.1, 0.15) is 28.9 Å². The molecule has 2 N–H and O–H groups in total. The van der Waals surface area contributed by atoms with E-state index >= 15 is 0 Å². The van der Waals surface area contributed by atoms with Crippen molar-refractivity contribution in [2.75, 3.05) is 0 Å². The Morgan fingerprint density at radius 3 is 2.51 bits per heavy atom. The summed E-state index contributed by atoms with van der Waals surface area (Å²) in [7, 11) is 1.59. The van der Waals surface area contributed by atoms with Crippen molar-refractivity contribution in [1.29, 1.82) is 5.26 Å². The summed E-state index contributed by atoms with van der Waals surface area (Å²) >= 11 is 5.95. The van der Waals surface area contributed by atoms with Crippen molar-refractivity contribution in [2.24, 2.45) is 7.05 Å². The first kappa shape index (κ1) is 26.0. The van der Waals surface area contributed by atoms with E-state index in [2.05, 4.69) is 26.5 Å². The first-order chi connectivity index (χ1) is 17.5. The van der Waals surface area contributed by atoms with Gasteiger partial charge in [-0.15, -0.1) is 13.2 Å². The lowest BCUT2D eigenvalue weighted by molar-refractivity contribution is -0.274. The molecule has 2 amide bonds. The third-order valence-corrected chi connectivity index (χ3v) is 6.09. The largest absolute Gasteiger partial charge is 0.573 e. The van der Waals surface area contributed by atoms with Crippen LogP contribution in [0, 0.1) is 11.3 Å². The van der Waals surface area contributed by atoms with Crippen LogP contribution in [-0.2, 0) is 18.3 Å². The number of amides is 2. The number of aryl methyl sites for hydroxylation is 1. The van der Waals surface area contributed by atoms with Crippen molar-refractivity contribution in [3.63, 3.8) is 0 Å². The van der Waals surface area contributed by atoms with Crippen LogP contribution in [-0.4, -0.2) is 39.5 Å². The number of hydrogen-bond donors (Lipinski definition) is 2. The number of ether oxygens (including phenoxy) is 1. The number of carbonyl (C=O) groups excluding carboxylic acids is 2. The van der Waals surface area contributed by atoms with E-state index < -0.39 is 35.5 Å². The minimum absolute atomic E-state index is 0.103. The van der Waals surface area contributed by atoms with Gasteiger partial charge < -0.3 is 15.4 Å². The number of carbonyl (C=O) groups is 2. The molecule has 1 unspecified atom stereocenters. The number of alkyl halides is 3. The van der Waals surface area contributed by atoms with Gasteiger partial charge in [0.15, 0.2) is 0 Å². The van der Waals surface area contributed by atoms with E-state index in [1.54, 1.807) is 13.1 Å².